The molecule has 1 saturated carbocycles. The third-order valence-corrected chi connectivity index (χ3v) is 4.91. The third kappa shape index (κ3) is 3.28. The highest BCUT2D eigenvalue weighted by Gasteiger charge is 2.30. The summed E-state index contributed by atoms with van der Waals surface area (Å²) in [6.07, 6.45) is 8.39. The molecule has 1 aliphatic carbocycles. The van der Waals surface area contributed by atoms with E-state index in [0.717, 1.165) is 64.4 Å². The highest BCUT2D eigenvalue weighted by atomic mass is 16.2. The minimum absolute atomic E-state index is 0.342. The van der Waals surface area contributed by atoms with Crippen LogP contribution in [0.2, 0.25) is 0 Å². The van der Waals surface area contributed by atoms with E-state index in [2.05, 4.69) is 32.5 Å². The zero-order valence-electron chi connectivity index (χ0n) is 13.0. The van der Waals surface area contributed by atoms with E-state index in [1.54, 1.807) is 0 Å². The van der Waals surface area contributed by atoms with Crippen LogP contribution in [0.25, 0.3) is 0 Å². The minimum Gasteiger partial charge on any atom is -0.340 e. The van der Waals surface area contributed by atoms with Gasteiger partial charge in [-0.25, -0.2) is 4.98 Å². The van der Waals surface area contributed by atoms with E-state index in [-0.39, 0.29) is 0 Å². The Balaban J connectivity index is 1.42. The molecular weight excluding hydrogens is 264 g/mol. The molecule has 1 saturated heterocycles. The van der Waals surface area contributed by atoms with Gasteiger partial charge >= 0.3 is 0 Å². The van der Waals surface area contributed by atoms with Gasteiger partial charge in [0.05, 0.1) is 0 Å². The van der Waals surface area contributed by atoms with E-state index >= 15 is 0 Å². The lowest BCUT2D eigenvalue weighted by atomic mass is 9.84. The molecule has 116 valence electrons. The molecule has 1 aliphatic heterocycles. The number of imidazole rings is 1. The molecule has 0 unspecified atom stereocenters. The van der Waals surface area contributed by atoms with Crippen molar-refractivity contribution in [3.05, 3.63) is 18.2 Å². The number of amides is 1. The first-order valence-electron chi connectivity index (χ1n) is 8.29. The first-order valence-corrected chi connectivity index (χ1v) is 8.29. The van der Waals surface area contributed by atoms with Crippen LogP contribution in [0.1, 0.15) is 32.0 Å². The molecule has 2 fully saturated rings. The van der Waals surface area contributed by atoms with Crippen molar-refractivity contribution >= 4 is 5.91 Å². The highest BCUT2D eigenvalue weighted by Crippen LogP contribution is 2.28. The van der Waals surface area contributed by atoms with Crippen molar-refractivity contribution in [2.45, 2.75) is 39.2 Å². The standard InChI is InChI=1S/C16H26N4O/c1-2-15-17-6-7-19(15)11-8-18-9-12-20(13-10-18)16(21)14-4-3-5-14/h6-7,14H,2-5,8-13H2,1H3. The predicted octanol–water partition coefficient (Wildman–Crippen LogP) is 1.39. The van der Waals surface area contributed by atoms with Gasteiger partial charge in [-0.15, -0.1) is 0 Å². The lowest BCUT2D eigenvalue weighted by Gasteiger charge is -2.38. The van der Waals surface area contributed by atoms with Crippen LogP contribution in [-0.2, 0) is 17.8 Å². The van der Waals surface area contributed by atoms with Gasteiger partial charge in [0.25, 0.3) is 0 Å². The predicted molar refractivity (Wildman–Crippen MR) is 82.0 cm³/mol. The quantitative estimate of drug-likeness (QED) is 0.823. The molecular formula is C16H26N4O. The Morgan fingerprint density at radius 2 is 2.00 bits per heavy atom. The van der Waals surface area contributed by atoms with E-state index in [0.29, 0.717) is 11.8 Å². The molecule has 5 nitrogen and oxygen atoms in total. The summed E-state index contributed by atoms with van der Waals surface area (Å²) < 4.78 is 2.24. The van der Waals surface area contributed by atoms with Crippen LogP contribution in [0.4, 0.5) is 0 Å². The number of hydrogen-bond acceptors (Lipinski definition) is 3. The summed E-state index contributed by atoms with van der Waals surface area (Å²) in [5, 5.41) is 0. The van der Waals surface area contributed by atoms with Crippen LogP contribution >= 0.6 is 0 Å². The van der Waals surface area contributed by atoms with Crippen molar-refractivity contribution in [3.63, 3.8) is 0 Å². The molecule has 5 heteroatoms. The maximum atomic E-state index is 12.2. The topological polar surface area (TPSA) is 41.4 Å². The number of aromatic nitrogens is 2. The number of aryl methyl sites for hydroxylation is 1. The van der Waals surface area contributed by atoms with Gasteiger partial charge in [0.1, 0.15) is 5.82 Å². The second-order valence-electron chi connectivity index (χ2n) is 6.19. The number of rotatable bonds is 5. The summed E-state index contributed by atoms with van der Waals surface area (Å²) in [7, 11) is 0. The molecule has 0 aromatic carbocycles. The van der Waals surface area contributed by atoms with Crippen LogP contribution in [0, 0.1) is 5.92 Å². The van der Waals surface area contributed by atoms with Gasteiger partial charge in [-0.05, 0) is 12.8 Å². The molecule has 1 amide bonds. The SMILES string of the molecule is CCc1nccn1CCN1CCN(C(=O)C2CCC2)CC1. The number of carbonyl (C=O) groups is 1. The van der Waals surface area contributed by atoms with Crippen LogP contribution < -0.4 is 0 Å². The largest absolute Gasteiger partial charge is 0.340 e. The Hall–Kier alpha value is -1.36. The van der Waals surface area contributed by atoms with E-state index in [1.807, 2.05) is 6.20 Å². The van der Waals surface area contributed by atoms with Crippen LogP contribution in [0.5, 0.6) is 0 Å². The second-order valence-corrected chi connectivity index (χ2v) is 6.19. The molecule has 0 N–H and O–H groups in total. The van der Waals surface area contributed by atoms with Crippen molar-refractivity contribution in [1.82, 2.24) is 19.4 Å². The van der Waals surface area contributed by atoms with Gasteiger partial charge in [-0.3, -0.25) is 9.69 Å². The molecule has 0 spiro atoms. The lowest BCUT2D eigenvalue weighted by molar-refractivity contribution is -0.139. The Kier molecular flexibility index (Phi) is 4.58. The van der Waals surface area contributed by atoms with Gasteiger partial charge in [0.2, 0.25) is 5.91 Å². The zero-order valence-corrected chi connectivity index (χ0v) is 13.0. The number of piperazine rings is 1. The molecule has 0 radical (unpaired) electrons. The molecule has 3 rings (SSSR count). The van der Waals surface area contributed by atoms with E-state index < -0.39 is 0 Å². The minimum atomic E-state index is 0.342. The van der Waals surface area contributed by atoms with Gasteiger partial charge in [0.15, 0.2) is 0 Å². The van der Waals surface area contributed by atoms with E-state index in [4.69, 9.17) is 0 Å². The smallest absolute Gasteiger partial charge is 0.225 e. The number of nitrogens with zero attached hydrogens (tertiary/aromatic N) is 4. The average Bonchev–Trinajstić information content (AvgIpc) is 2.91. The summed E-state index contributed by atoms with van der Waals surface area (Å²) >= 11 is 0. The van der Waals surface area contributed by atoms with Gasteiger partial charge in [-0.1, -0.05) is 13.3 Å². The molecule has 2 aliphatic rings. The fourth-order valence-corrected chi connectivity index (χ4v) is 3.21. The first-order chi connectivity index (χ1) is 10.3. The van der Waals surface area contributed by atoms with Crippen molar-refractivity contribution in [1.29, 1.82) is 0 Å². The first kappa shape index (κ1) is 14.6. The fourth-order valence-electron chi connectivity index (χ4n) is 3.21. The Morgan fingerprint density at radius 1 is 1.24 bits per heavy atom. The summed E-state index contributed by atoms with van der Waals surface area (Å²) in [6, 6.07) is 0. The molecule has 1 aromatic heterocycles. The molecule has 21 heavy (non-hydrogen) atoms. The average molecular weight is 290 g/mol. The maximum absolute atomic E-state index is 12.2. The Morgan fingerprint density at radius 3 is 2.62 bits per heavy atom. The summed E-state index contributed by atoms with van der Waals surface area (Å²) in [6.45, 7) is 8.02. The molecule has 0 bridgehead atoms. The second kappa shape index (κ2) is 6.60. The van der Waals surface area contributed by atoms with Crippen molar-refractivity contribution in [3.8, 4) is 0 Å². The van der Waals surface area contributed by atoms with E-state index in [1.165, 1.54) is 6.42 Å². The van der Waals surface area contributed by atoms with Gasteiger partial charge in [0, 0.05) is 64.0 Å². The molecule has 1 aromatic rings. The third-order valence-electron chi connectivity index (χ3n) is 4.91. The number of hydrogen-bond donors (Lipinski definition) is 0. The summed E-state index contributed by atoms with van der Waals surface area (Å²) in [5.41, 5.74) is 0. The summed E-state index contributed by atoms with van der Waals surface area (Å²) in [5.74, 6) is 1.91. The normalized spacial score (nSPS) is 20.5. The highest BCUT2D eigenvalue weighted by molar-refractivity contribution is 5.79. The number of carbonyl (C=O) groups excluding carboxylic acids is 1. The van der Waals surface area contributed by atoms with Gasteiger partial charge < -0.3 is 9.47 Å². The van der Waals surface area contributed by atoms with Crippen molar-refractivity contribution < 1.29 is 4.79 Å². The van der Waals surface area contributed by atoms with Crippen LogP contribution in [-0.4, -0.2) is 58.0 Å². The van der Waals surface area contributed by atoms with Crippen LogP contribution in [0.15, 0.2) is 12.4 Å². The fraction of sp³-hybridized carbons (Fsp3) is 0.750. The van der Waals surface area contributed by atoms with E-state index in [9.17, 15) is 4.79 Å². The zero-order chi connectivity index (χ0) is 14.7. The Bertz CT molecular complexity index is 472. The summed E-state index contributed by atoms with van der Waals surface area (Å²) in [4.78, 5) is 21.1. The van der Waals surface area contributed by atoms with Gasteiger partial charge in [-0.2, -0.15) is 0 Å². The lowest BCUT2D eigenvalue weighted by Crippen LogP contribution is -2.51. The monoisotopic (exact) mass is 290 g/mol. The van der Waals surface area contributed by atoms with Crippen molar-refractivity contribution in [2.24, 2.45) is 5.92 Å². The van der Waals surface area contributed by atoms with Crippen molar-refractivity contribution in [2.75, 3.05) is 32.7 Å². The Labute approximate surface area is 126 Å². The van der Waals surface area contributed by atoms with Crippen LogP contribution in [0.3, 0.4) is 0 Å². The molecule has 0 atom stereocenters. The maximum Gasteiger partial charge on any atom is 0.225 e. The molecule has 2 heterocycles.